The lowest BCUT2D eigenvalue weighted by Crippen LogP contribution is -2.13. The third-order valence-corrected chi connectivity index (χ3v) is 3.89. The van der Waals surface area contributed by atoms with Gasteiger partial charge in [0.1, 0.15) is 12.4 Å². The molecule has 0 fully saturated rings. The maximum Gasteiger partial charge on any atom is 0.337 e. The van der Waals surface area contributed by atoms with Gasteiger partial charge in [-0.3, -0.25) is 4.79 Å². The molecule has 0 N–H and O–H groups in total. The van der Waals surface area contributed by atoms with Crippen molar-refractivity contribution in [3.8, 4) is 5.75 Å². The van der Waals surface area contributed by atoms with Crippen molar-refractivity contribution < 1.29 is 19.1 Å². The zero-order valence-corrected chi connectivity index (χ0v) is 15.1. The molecule has 0 saturated carbocycles. The maximum atomic E-state index is 11.9. The standard InChI is InChI=1S/C18H14BrClO4/c1-23-18(22)14(8-12-2-5-16(20)6-3-12)11-24-17-7-4-15(19)9-13(17)10-21/h2-10H,11H2,1H3/b14-8-. The van der Waals surface area contributed by atoms with Gasteiger partial charge in [0.2, 0.25) is 0 Å². The summed E-state index contributed by atoms with van der Waals surface area (Å²) >= 11 is 9.14. The third-order valence-electron chi connectivity index (χ3n) is 3.14. The Kier molecular flexibility index (Phi) is 6.58. The third kappa shape index (κ3) is 4.94. The fourth-order valence-electron chi connectivity index (χ4n) is 1.95. The van der Waals surface area contributed by atoms with E-state index < -0.39 is 5.97 Å². The highest BCUT2D eigenvalue weighted by Gasteiger charge is 2.12. The van der Waals surface area contributed by atoms with Gasteiger partial charge in [0.25, 0.3) is 0 Å². The molecule has 0 atom stereocenters. The maximum absolute atomic E-state index is 11.9. The molecule has 0 bridgehead atoms. The Morgan fingerprint density at radius 1 is 1.21 bits per heavy atom. The monoisotopic (exact) mass is 408 g/mol. The number of aldehydes is 1. The van der Waals surface area contributed by atoms with Gasteiger partial charge in [0, 0.05) is 9.50 Å². The number of hydrogen-bond acceptors (Lipinski definition) is 4. The molecule has 0 heterocycles. The van der Waals surface area contributed by atoms with Crippen molar-refractivity contribution in [2.75, 3.05) is 13.7 Å². The molecule has 0 radical (unpaired) electrons. The second-order valence-corrected chi connectivity index (χ2v) is 6.15. The first kappa shape index (κ1) is 18.2. The minimum absolute atomic E-state index is 0.0300. The number of methoxy groups -OCH3 is 1. The Morgan fingerprint density at radius 3 is 2.54 bits per heavy atom. The van der Waals surface area contributed by atoms with E-state index in [4.69, 9.17) is 21.1 Å². The van der Waals surface area contributed by atoms with E-state index in [1.807, 2.05) is 0 Å². The Bertz CT molecular complexity index is 769. The van der Waals surface area contributed by atoms with Crippen molar-refractivity contribution >= 4 is 45.9 Å². The van der Waals surface area contributed by atoms with Crippen molar-refractivity contribution in [1.29, 1.82) is 0 Å². The minimum atomic E-state index is -0.505. The second-order valence-electron chi connectivity index (χ2n) is 4.80. The van der Waals surface area contributed by atoms with Crippen LogP contribution in [0.3, 0.4) is 0 Å². The van der Waals surface area contributed by atoms with Gasteiger partial charge in [-0.1, -0.05) is 39.7 Å². The number of halogens is 2. The van der Waals surface area contributed by atoms with Gasteiger partial charge in [-0.2, -0.15) is 0 Å². The van der Waals surface area contributed by atoms with Crippen LogP contribution in [0.5, 0.6) is 5.75 Å². The lowest BCUT2D eigenvalue weighted by molar-refractivity contribution is -0.136. The topological polar surface area (TPSA) is 52.6 Å². The molecule has 0 amide bonds. The summed E-state index contributed by atoms with van der Waals surface area (Å²) < 4.78 is 11.2. The van der Waals surface area contributed by atoms with E-state index in [0.29, 0.717) is 28.2 Å². The van der Waals surface area contributed by atoms with E-state index in [2.05, 4.69) is 15.9 Å². The van der Waals surface area contributed by atoms with Gasteiger partial charge in [-0.25, -0.2) is 4.79 Å². The van der Waals surface area contributed by atoms with Crippen LogP contribution in [-0.2, 0) is 9.53 Å². The Hall–Kier alpha value is -2.11. The van der Waals surface area contributed by atoms with E-state index >= 15 is 0 Å². The first-order chi connectivity index (χ1) is 11.5. The van der Waals surface area contributed by atoms with Crippen molar-refractivity contribution in [2.45, 2.75) is 0 Å². The number of ether oxygens (including phenoxy) is 2. The molecular formula is C18H14BrClO4. The van der Waals surface area contributed by atoms with Crippen LogP contribution in [0.1, 0.15) is 15.9 Å². The fraction of sp³-hybridized carbons (Fsp3) is 0.111. The molecule has 124 valence electrons. The summed E-state index contributed by atoms with van der Waals surface area (Å²) in [7, 11) is 1.30. The fourth-order valence-corrected chi connectivity index (χ4v) is 2.45. The molecule has 0 aromatic heterocycles. The van der Waals surface area contributed by atoms with Gasteiger partial charge in [-0.05, 0) is 42.0 Å². The molecule has 6 heteroatoms. The summed E-state index contributed by atoms with van der Waals surface area (Å²) in [6.07, 6.45) is 2.35. The summed E-state index contributed by atoms with van der Waals surface area (Å²) in [5, 5.41) is 0.605. The van der Waals surface area contributed by atoms with Gasteiger partial charge >= 0.3 is 5.97 Å². The molecular weight excluding hydrogens is 396 g/mol. The second kappa shape index (κ2) is 8.66. The van der Waals surface area contributed by atoms with Crippen LogP contribution in [0.15, 0.2) is 52.5 Å². The summed E-state index contributed by atoms with van der Waals surface area (Å²) in [5.74, 6) is -0.117. The number of rotatable bonds is 6. The van der Waals surface area contributed by atoms with Gasteiger partial charge in [0.15, 0.2) is 6.29 Å². The summed E-state index contributed by atoms with van der Waals surface area (Å²) in [6.45, 7) is -0.0300. The first-order valence-electron chi connectivity index (χ1n) is 6.95. The van der Waals surface area contributed by atoms with Crippen molar-refractivity contribution in [3.63, 3.8) is 0 Å². The van der Waals surface area contributed by atoms with Crippen LogP contribution >= 0.6 is 27.5 Å². The van der Waals surface area contributed by atoms with Crippen LogP contribution in [0.25, 0.3) is 6.08 Å². The molecule has 0 aliphatic rings. The van der Waals surface area contributed by atoms with Crippen LogP contribution in [0.2, 0.25) is 5.02 Å². The molecule has 2 aromatic carbocycles. The normalized spacial score (nSPS) is 11.0. The Morgan fingerprint density at radius 2 is 1.92 bits per heavy atom. The predicted molar refractivity (Wildman–Crippen MR) is 96.5 cm³/mol. The smallest absolute Gasteiger partial charge is 0.337 e. The highest BCUT2D eigenvalue weighted by atomic mass is 79.9. The number of carbonyl (C=O) groups is 2. The molecule has 0 saturated heterocycles. The largest absolute Gasteiger partial charge is 0.488 e. The Balaban J connectivity index is 2.22. The van der Waals surface area contributed by atoms with E-state index in [9.17, 15) is 9.59 Å². The van der Waals surface area contributed by atoms with Crippen LogP contribution in [0.4, 0.5) is 0 Å². The SMILES string of the molecule is COC(=O)/C(=C\c1ccc(Cl)cc1)COc1ccc(Br)cc1C=O. The molecule has 2 rings (SSSR count). The first-order valence-corrected chi connectivity index (χ1v) is 8.12. The molecule has 2 aromatic rings. The van der Waals surface area contributed by atoms with E-state index in [1.54, 1.807) is 48.5 Å². The lowest BCUT2D eigenvalue weighted by atomic mass is 10.1. The van der Waals surface area contributed by atoms with Crippen LogP contribution in [0, 0.1) is 0 Å². The average Bonchev–Trinajstić information content (AvgIpc) is 2.60. The molecule has 0 unspecified atom stereocenters. The zero-order chi connectivity index (χ0) is 17.5. The molecule has 0 spiro atoms. The number of benzene rings is 2. The molecule has 4 nitrogen and oxygen atoms in total. The van der Waals surface area contributed by atoms with Crippen molar-refractivity contribution in [2.24, 2.45) is 0 Å². The number of hydrogen-bond donors (Lipinski definition) is 0. The summed E-state index contributed by atoms with van der Waals surface area (Å²) in [4.78, 5) is 23.1. The predicted octanol–water partition coefficient (Wildman–Crippen LogP) is 4.55. The molecule has 24 heavy (non-hydrogen) atoms. The summed E-state index contributed by atoms with van der Waals surface area (Å²) in [6, 6.07) is 12.1. The van der Waals surface area contributed by atoms with Crippen molar-refractivity contribution in [3.05, 3.63) is 68.7 Å². The average molecular weight is 410 g/mol. The molecule has 0 aliphatic carbocycles. The van der Waals surface area contributed by atoms with Gasteiger partial charge < -0.3 is 9.47 Å². The minimum Gasteiger partial charge on any atom is -0.488 e. The highest BCUT2D eigenvalue weighted by Crippen LogP contribution is 2.22. The molecule has 0 aliphatic heterocycles. The van der Waals surface area contributed by atoms with Gasteiger partial charge in [-0.15, -0.1) is 0 Å². The highest BCUT2D eigenvalue weighted by molar-refractivity contribution is 9.10. The van der Waals surface area contributed by atoms with E-state index in [1.165, 1.54) is 7.11 Å². The summed E-state index contributed by atoms with van der Waals surface area (Å²) in [5.41, 5.74) is 1.49. The van der Waals surface area contributed by atoms with Gasteiger partial charge in [0.05, 0.1) is 18.2 Å². The van der Waals surface area contributed by atoms with E-state index in [0.717, 1.165) is 10.0 Å². The zero-order valence-electron chi connectivity index (χ0n) is 12.8. The quantitative estimate of drug-likeness (QED) is 0.399. The Labute approximate surface area is 153 Å². The number of esters is 1. The lowest BCUT2D eigenvalue weighted by Gasteiger charge is -2.11. The van der Waals surface area contributed by atoms with Crippen LogP contribution in [-0.4, -0.2) is 26.0 Å². The van der Waals surface area contributed by atoms with E-state index in [-0.39, 0.29) is 6.61 Å². The van der Waals surface area contributed by atoms with Crippen molar-refractivity contribution in [1.82, 2.24) is 0 Å². The number of carbonyl (C=O) groups excluding carboxylic acids is 2. The van der Waals surface area contributed by atoms with Crippen LogP contribution < -0.4 is 4.74 Å².